The Morgan fingerprint density at radius 3 is 2.74 bits per heavy atom. The number of Topliss-reactive ketones (excluding diaryl/α,β-unsaturated/α-hetero) is 1. The van der Waals surface area contributed by atoms with Gasteiger partial charge in [-0.3, -0.25) is 9.59 Å². The fourth-order valence-corrected chi connectivity index (χ4v) is 1.45. The molecule has 0 heterocycles. The molecular formula is C15H16O4. The highest BCUT2D eigenvalue weighted by atomic mass is 16.3. The third-order valence-electron chi connectivity index (χ3n) is 2.50. The molecule has 0 saturated carbocycles. The molecule has 1 rings (SSSR count). The number of aromatic hydroxyl groups is 2. The first-order chi connectivity index (χ1) is 9.04. The van der Waals surface area contributed by atoms with Crippen LogP contribution in [0.5, 0.6) is 11.5 Å². The maximum Gasteiger partial charge on any atom is 0.167 e. The molecule has 0 aliphatic carbocycles. The molecule has 0 atom stereocenters. The summed E-state index contributed by atoms with van der Waals surface area (Å²) in [7, 11) is 0. The first-order valence-electron chi connectivity index (χ1n) is 5.88. The SMILES string of the molecule is C/C(C=O)=C\C=C\CCC(=O)c1cc(O)ccc1O. The molecule has 1 aromatic rings. The monoisotopic (exact) mass is 260 g/mol. The van der Waals surface area contributed by atoms with Crippen molar-refractivity contribution in [3.63, 3.8) is 0 Å². The standard InChI is InChI=1S/C15H16O4/c1-11(10-16)5-3-2-4-6-14(18)13-9-12(17)7-8-15(13)19/h2-3,5,7-10,17,19H,4,6H2,1H3/b3-2+,11-5+. The highest BCUT2D eigenvalue weighted by molar-refractivity contribution is 5.98. The van der Waals surface area contributed by atoms with Crippen molar-refractivity contribution in [2.24, 2.45) is 0 Å². The predicted molar refractivity (Wildman–Crippen MR) is 72.3 cm³/mol. The summed E-state index contributed by atoms with van der Waals surface area (Å²) in [5, 5.41) is 18.8. The van der Waals surface area contributed by atoms with Crippen LogP contribution in [0.3, 0.4) is 0 Å². The van der Waals surface area contributed by atoms with E-state index in [2.05, 4.69) is 0 Å². The average molecular weight is 260 g/mol. The van der Waals surface area contributed by atoms with Gasteiger partial charge in [-0.25, -0.2) is 0 Å². The van der Waals surface area contributed by atoms with Crippen LogP contribution in [0.1, 0.15) is 30.1 Å². The predicted octanol–water partition coefficient (Wildman–Crippen LogP) is 2.76. The number of benzene rings is 1. The molecule has 19 heavy (non-hydrogen) atoms. The van der Waals surface area contributed by atoms with Crippen molar-refractivity contribution >= 4 is 12.1 Å². The Bertz CT molecular complexity index is 527. The van der Waals surface area contributed by atoms with Gasteiger partial charge in [-0.1, -0.05) is 18.2 Å². The summed E-state index contributed by atoms with van der Waals surface area (Å²) < 4.78 is 0. The number of carbonyl (C=O) groups is 2. The Balaban J connectivity index is 2.57. The first-order valence-corrected chi connectivity index (χ1v) is 5.88. The molecule has 0 unspecified atom stereocenters. The van der Waals surface area contributed by atoms with Crippen LogP contribution in [0.4, 0.5) is 0 Å². The molecule has 4 heteroatoms. The lowest BCUT2D eigenvalue weighted by Gasteiger charge is -2.03. The van der Waals surface area contributed by atoms with Crippen LogP contribution in [0.25, 0.3) is 0 Å². The van der Waals surface area contributed by atoms with Gasteiger partial charge in [0.2, 0.25) is 0 Å². The van der Waals surface area contributed by atoms with Gasteiger partial charge in [-0.15, -0.1) is 0 Å². The number of allylic oxidation sites excluding steroid dienone is 4. The van der Waals surface area contributed by atoms with Crippen LogP contribution in [0, 0.1) is 0 Å². The van der Waals surface area contributed by atoms with Crippen LogP contribution in [0.15, 0.2) is 42.0 Å². The van der Waals surface area contributed by atoms with Gasteiger partial charge in [0.25, 0.3) is 0 Å². The van der Waals surface area contributed by atoms with Gasteiger partial charge in [0.15, 0.2) is 5.78 Å². The van der Waals surface area contributed by atoms with Crippen molar-refractivity contribution in [3.8, 4) is 11.5 Å². The van der Waals surface area contributed by atoms with Crippen molar-refractivity contribution in [3.05, 3.63) is 47.6 Å². The summed E-state index contributed by atoms with van der Waals surface area (Å²) in [6.07, 6.45) is 6.60. The third-order valence-corrected chi connectivity index (χ3v) is 2.50. The normalized spacial score (nSPS) is 11.7. The van der Waals surface area contributed by atoms with Crippen molar-refractivity contribution in [2.45, 2.75) is 19.8 Å². The second-order valence-corrected chi connectivity index (χ2v) is 4.12. The van der Waals surface area contributed by atoms with Crippen LogP contribution in [0.2, 0.25) is 0 Å². The number of phenolic OH excluding ortho intramolecular Hbond substituents is 2. The lowest BCUT2D eigenvalue weighted by atomic mass is 10.0. The highest BCUT2D eigenvalue weighted by Crippen LogP contribution is 2.23. The zero-order chi connectivity index (χ0) is 14.3. The first kappa shape index (κ1) is 14.7. The second-order valence-electron chi connectivity index (χ2n) is 4.12. The summed E-state index contributed by atoms with van der Waals surface area (Å²) >= 11 is 0. The molecule has 0 aliphatic rings. The molecule has 0 spiro atoms. The van der Waals surface area contributed by atoms with E-state index < -0.39 is 0 Å². The maximum absolute atomic E-state index is 11.8. The van der Waals surface area contributed by atoms with Gasteiger partial charge < -0.3 is 10.2 Å². The van der Waals surface area contributed by atoms with Crippen molar-refractivity contribution in [1.29, 1.82) is 0 Å². The fourth-order valence-electron chi connectivity index (χ4n) is 1.45. The molecule has 2 N–H and O–H groups in total. The van der Waals surface area contributed by atoms with E-state index in [1.54, 1.807) is 25.2 Å². The topological polar surface area (TPSA) is 74.6 Å². The molecule has 0 radical (unpaired) electrons. The summed E-state index contributed by atoms with van der Waals surface area (Å²) in [4.78, 5) is 22.1. The van der Waals surface area contributed by atoms with Crippen LogP contribution >= 0.6 is 0 Å². The van der Waals surface area contributed by atoms with Crippen molar-refractivity contribution in [1.82, 2.24) is 0 Å². The smallest absolute Gasteiger partial charge is 0.167 e. The minimum atomic E-state index is -0.242. The summed E-state index contributed by atoms with van der Waals surface area (Å²) in [5.74, 6) is -0.432. The fraction of sp³-hybridized carbons (Fsp3) is 0.200. The largest absolute Gasteiger partial charge is 0.508 e. The molecule has 0 bridgehead atoms. The Hall–Kier alpha value is -2.36. The van der Waals surface area contributed by atoms with E-state index in [4.69, 9.17) is 0 Å². The Morgan fingerprint density at radius 2 is 2.05 bits per heavy atom. The number of phenols is 2. The van der Waals surface area contributed by atoms with Crippen molar-refractivity contribution < 1.29 is 19.8 Å². The highest BCUT2D eigenvalue weighted by Gasteiger charge is 2.10. The van der Waals surface area contributed by atoms with E-state index in [0.717, 1.165) is 6.29 Å². The number of hydrogen-bond donors (Lipinski definition) is 2. The van der Waals surface area contributed by atoms with E-state index in [9.17, 15) is 19.8 Å². The Kier molecular flexibility index (Phi) is 5.54. The second kappa shape index (κ2) is 7.16. The van der Waals surface area contributed by atoms with E-state index >= 15 is 0 Å². The zero-order valence-corrected chi connectivity index (χ0v) is 10.7. The molecule has 0 aliphatic heterocycles. The average Bonchev–Trinajstić information content (AvgIpc) is 2.40. The van der Waals surface area contributed by atoms with Gasteiger partial charge in [0, 0.05) is 6.42 Å². The minimum Gasteiger partial charge on any atom is -0.508 e. The summed E-state index contributed by atoms with van der Waals surface area (Å²) in [5.41, 5.74) is 0.723. The van der Waals surface area contributed by atoms with E-state index in [0.29, 0.717) is 12.0 Å². The summed E-state index contributed by atoms with van der Waals surface area (Å²) in [6, 6.07) is 3.85. The van der Waals surface area contributed by atoms with Gasteiger partial charge in [0.1, 0.15) is 17.8 Å². The van der Waals surface area contributed by atoms with Gasteiger partial charge in [0.05, 0.1) is 5.56 Å². The van der Waals surface area contributed by atoms with E-state index in [-0.39, 0.29) is 29.3 Å². The molecule has 0 aromatic heterocycles. The number of aldehydes is 1. The van der Waals surface area contributed by atoms with Gasteiger partial charge in [-0.2, -0.15) is 0 Å². The van der Waals surface area contributed by atoms with Crippen LogP contribution < -0.4 is 0 Å². The molecule has 1 aromatic carbocycles. The van der Waals surface area contributed by atoms with Gasteiger partial charge >= 0.3 is 0 Å². The molecule has 100 valence electrons. The van der Waals surface area contributed by atoms with Crippen LogP contribution in [-0.2, 0) is 4.79 Å². The quantitative estimate of drug-likeness (QED) is 0.271. The molecule has 0 saturated heterocycles. The van der Waals surface area contributed by atoms with Crippen molar-refractivity contribution in [2.75, 3.05) is 0 Å². The number of carbonyl (C=O) groups excluding carboxylic acids is 2. The maximum atomic E-state index is 11.8. The van der Waals surface area contributed by atoms with E-state index in [1.165, 1.54) is 18.2 Å². The number of ketones is 1. The Morgan fingerprint density at radius 1 is 1.32 bits per heavy atom. The lowest BCUT2D eigenvalue weighted by Crippen LogP contribution is -1.98. The van der Waals surface area contributed by atoms with E-state index in [1.807, 2.05) is 0 Å². The van der Waals surface area contributed by atoms with Crippen LogP contribution in [-0.4, -0.2) is 22.3 Å². The molecular weight excluding hydrogens is 244 g/mol. The molecule has 0 fully saturated rings. The molecule has 4 nitrogen and oxygen atoms in total. The number of hydrogen-bond acceptors (Lipinski definition) is 4. The minimum absolute atomic E-state index is 0.0544. The van der Waals surface area contributed by atoms with Gasteiger partial charge in [-0.05, 0) is 37.1 Å². The summed E-state index contributed by atoms with van der Waals surface area (Å²) in [6.45, 7) is 1.69. The number of rotatable bonds is 6. The Labute approximate surface area is 111 Å². The third kappa shape index (κ3) is 4.79. The lowest BCUT2D eigenvalue weighted by molar-refractivity contribution is -0.104. The zero-order valence-electron chi connectivity index (χ0n) is 10.7. The molecule has 0 amide bonds.